The number of amides is 1. The van der Waals surface area contributed by atoms with Crippen LogP contribution in [-0.2, 0) is 11.3 Å². The topological polar surface area (TPSA) is 73.6 Å². The number of primary amides is 1. The van der Waals surface area contributed by atoms with E-state index in [1.807, 2.05) is 25.3 Å². The van der Waals surface area contributed by atoms with E-state index in [1.54, 1.807) is 26.0 Å². The molecule has 0 heterocycles. The third-order valence-electron chi connectivity index (χ3n) is 2.93. The molecule has 0 spiro atoms. The first-order valence-corrected chi connectivity index (χ1v) is 7.54. The quantitative estimate of drug-likeness (QED) is 0.716. The number of hydrogen-bond donors (Lipinski definition) is 2. The highest BCUT2D eigenvalue weighted by atomic mass is 32.2. The fourth-order valence-corrected chi connectivity index (χ4v) is 2.51. The van der Waals surface area contributed by atoms with E-state index >= 15 is 0 Å². The van der Waals surface area contributed by atoms with Crippen LogP contribution in [0.5, 0.6) is 11.5 Å². The van der Waals surface area contributed by atoms with Crippen molar-refractivity contribution in [3.8, 4) is 11.5 Å². The average molecular weight is 298 g/mol. The van der Waals surface area contributed by atoms with Gasteiger partial charge in [-0.25, -0.2) is 0 Å². The van der Waals surface area contributed by atoms with Crippen molar-refractivity contribution in [3.05, 3.63) is 17.7 Å². The number of carbonyl (C=O) groups excluding carboxylic acids is 1. The van der Waals surface area contributed by atoms with Crippen LogP contribution in [0.25, 0.3) is 0 Å². The molecule has 0 aliphatic rings. The Kier molecular flexibility index (Phi) is 6.67. The predicted molar refractivity (Wildman–Crippen MR) is 81.4 cm³/mol. The lowest BCUT2D eigenvalue weighted by Crippen LogP contribution is -2.30. The van der Waals surface area contributed by atoms with E-state index in [0.29, 0.717) is 24.5 Å². The zero-order valence-electron chi connectivity index (χ0n) is 12.4. The van der Waals surface area contributed by atoms with Gasteiger partial charge >= 0.3 is 0 Å². The molecule has 1 aromatic carbocycles. The first kappa shape index (κ1) is 16.7. The number of methoxy groups -OCH3 is 2. The Labute approximate surface area is 124 Å². The van der Waals surface area contributed by atoms with Crippen molar-refractivity contribution >= 4 is 17.7 Å². The lowest BCUT2D eigenvalue weighted by Gasteiger charge is -2.16. The number of ether oxygens (including phenoxy) is 2. The van der Waals surface area contributed by atoms with Crippen LogP contribution < -0.4 is 20.5 Å². The van der Waals surface area contributed by atoms with Crippen molar-refractivity contribution < 1.29 is 14.3 Å². The maximum atomic E-state index is 10.9. The van der Waals surface area contributed by atoms with E-state index in [1.165, 1.54) is 0 Å². The highest BCUT2D eigenvalue weighted by Gasteiger charge is 2.12. The van der Waals surface area contributed by atoms with Crippen molar-refractivity contribution in [1.82, 2.24) is 5.32 Å². The van der Waals surface area contributed by atoms with Gasteiger partial charge in [-0.15, -0.1) is 11.8 Å². The maximum absolute atomic E-state index is 10.9. The molecule has 0 saturated carbocycles. The fraction of sp³-hybridized carbons (Fsp3) is 0.500. The van der Waals surface area contributed by atoms with Crippen molar-refractivity contribution in [2.24, 2.45) is 5.73 Å². The third kappa shape index (κ3) is 4.61. The largest absolute Gasteiger partial charge is 0.493 e. The number of benzene rings is 1. The number of thioether (sulfide) groups is 1. The molecular formula is C14H22N2O3S. The molecule has 1 unspecified atom stereocenters. The molecule has 1 atom stereocenters. The molecule has 1 rings (SSSR count). The highest BCUT2D eigenvalue weighted by molar-refractivity contribution is 7.98. The summed E-state index contributed by atoms with van der Waals surface area (Å²) in [5.74, 6) is 1.11. The van der Waals surface area contributed by atoms with E-state index in [0.717, 1.165) is 10.5 Å². The second-order valence-corrected chi connectivity index (χ2v) is 5.32. The second kappa shape index (κ2) is 8.01. The van der Waals surface area contributed by atoms with Crippen molar-refractivity contribution in [2.45, 2.75) is 30.8 Å². The summed E-state index contributed by atoms with van der Waals surface area (Å²) in [6, 6.07) is 3.95. The summed E-state index contributed by atoms with van der Waals surface area (Å²) in [5.41, 5.74) is 6.29. The van der Waals surface area contributed by atoms with Crippen LogP contribution in [0.4, 0.5) is 0 Å². The Morgan fingerprint density at radius 1 is 1.35 bits per heavy atom. The minimum Gasteiger partial charge on any atom is -0.493 e. The number of nitrogens with one attached hydrogen (secondary N) is 1. The number of rotatable bonds is 8. The maximum Gasteiger partial charge on any atom is 0.218 e. The monoisotopic (exact) mass is 298 g/mol. The van der Waals surface area contributed by atoms with Gasteiger partial charge in [-0.3, -0.25) is 4.79 Å². The Morgan fingerprint density at radius 3 is 2.45 bits per heavy atom. The standard InChI is InChI=1S/C14H22N2O3S/c1-9(5-14(15)17)16-8-10-6-11(18-2)12(19-3)7-13(10)20-4/h6-7,9,16H,5,8H2,1-4H3,(H2,15,17). The Morgan fingerprint density at radius 2 is 1.95 bits per heavy atom. The molecule has 5 nitrogen and oxygen atoms in total. The van der Waals surface area contributed by atoms with Crippen LogP contribution >= 0.6 is 11.8 Å². The Hall–Kier alpha value is -1.40. The Bertz CT molecular complexity index is 466. The minimum atomic E-state index is -0.303. The normalized spacial score (nSPS) is 12.0. The van der Waals surface area contributed by atoms with Gasteiger partial charge in [-0.2, -0.15) is 0 Å². The van der Waals surface area contributed by atoms with Gasteiger partial charge in [0.25, 0.3) is 0 Å². The molecule has 1 aromatic rings. The summed E-state index contributed by atoms with van der Waals surface area (Å²) in [4.78, 5) is 12.0. The van der Waals surface area contributed by atoms with Gasteiger partial charge in [0.2, 0.25) is 5.91 Å². The Balaban J connectivity index is 2.85. The van der Waals surface area contributed by atoms with E-state index in [4.69, 9.17) is 15.2 Å². The molecule has 0 saturated heterocycles. The molecule has 0 aliphatic heterocycles. The van der Waals surface area contributed by atoms with E-state index in [9.17, 15) is 4.79 Å². The minimum absolute atomic E-state index is 0.0373. The lowest BCUT2D eigenvalue weighted by molar-refractivity contribution is -0.118. The predicted octanol–water partition coefficient (Wildman–Crippen LogP) is 1.78. The summed E-state index contributed by atoms with van der Waals surface area (Å²) in [6.07, 6.45) is 2.33. The molecule has 3 N–H and O–H groups in total. The van der Waals surface area contributed by atoms with Crippen LogP contribution in [0.1, 0.15) is 18.9 Å². The first-order valence-electron chi connectivity index (χ1n) is 6.32. The first-order chi connectivity index (χ1) is 9.51. The SMILES string of the molecule is COc1cc(CNC(C)CC(N)=O)c(SC)cc1OC. The molecule has 0 fully saturated rings. The van der Waals surface area contributed by atoms with Crippen LogP contribution in [0.2, 0.25) is 0 Å². The van der Waals surface area contributed by atoms with Gasteiger partial charge in [0.15, 0.2) is 11.5 Å². The van der Waals surface area contributed by atoms with Gasteiger partial charge in [0, 0.05) is 23.9 Å². The molecule has 6 heteroatoms. The zero-order valence-corrected chi connectivity index (χ0v) is 13.2. The fourth-order valence-electron chi connectivity index (χ4n) is 1.89. The van der Waals surface area contributed by atoms with Crippen LogP contribution in [0.15, 0.2) is 17.0 Å². The van der Waals surface area contributed by atoms with Gasteiger partial charge in [-0.1, -0.05) is 0 Å². The van der Waals surface area contributed by atoms with Crippen molar-refractivity contribution in [1.29, 1.82) is 0 Å². The summed E-state index contributed by atoms with van der Waals surface area (Å²) < 4.78 is 10.6. The van der Waals surface area contributed by atoms with E-state index in [2.05, 4.69) is 5.32 Å². The molecular weight excluding hydrogens is 276 g/mol. The summed E-state index contributed by atoms with van der Waals surface area (Å²) in [6.45, 7) is 2.58. The average Bonchev–Trinajstić information content (AvgIpc) is 2.43. The smallest absolute Gasteiger partial charge is 0.218 e. The van der Waals surface area contributed by atoms with Crippen LogP contribution in [0.3, 0.4) is 0 Å². The zero-order chi connectivity index (χ0) is 15.1. The van der Waals surface area contributed by atoms with E-state index in [-0.39, 0.29) is 11.9 Å². The summed E-state index contributed by atoms with van der Waals surface area (Å²) in [5, 5.41) is 3.28. The van der Waals surface area contributed by atoms with Gasteiger partial charge in [0.05, 0.1) is 14.2 Å². The molecule has 0 aliphatic carbocycles. The highest BCUT2D eigenvalue weighted by Crippen LogP contribution is 2.34. The summed E-state index contributed by atoms with van der Waals surface area (Å²) in [7, 11) is 3.23. The molecule has 0 aromatic heterocycles. The number of hydrogen-bond acceptors (Lipinski definition) is 5. The summed E-state index contributed by atoms with van der Waals surface area (Å²) >= 11 is 1.64. The van der Waals surface area contributed by atoms with Gasteiger partial charge in [0.1, 0.15) is 0 Å². The van der Waals surface area contributed by atoms with E-state index < -0.39 is 0 Å². The third-order valence-corrected chi connectivity index (χ3v) is 3.75. The number of carbonyl (C=O) groups is 1. The molecule has 112 valence electrons. The molecule has 0 bridgehead atoms. The molecule has 20 heavy (non-hydrogen) atoms. The van der Waals surface area contributed by atoms with Crippen molar-refractivity contribution in [2.75, 3.05) is 20.5 Å². The van der Waals surface area contributed by atoms with Crippen LogP contribution in [0, 0.1) is 0 Å². The molecule has 1 amide bonds. The van der Waals surface area contributed by atoms with Crippen molar-refractivity contribution in [3.63, 3.8) is 0 Å². The number of nitrogens with two attached hydrogens (primary N) is 1. The lowest BCUT2D eigenvalue weighted by atomic mass is 10.1. The van der Waals surface area contributed by atoms with Gasteiger partial charge < -0.3 is 20.5 Å². The second-order valence-electron chi connectivity index (χ2n) is 4.47. The van der Waals surface area contributed by atoms with Gasteiger partial charge in [-0.05, 0) is 30.9 Å². The molecule has 0 radical (unpaired) electrons. The van der Waals surface area contributed by atoms with Crippen LogP contribution in [-0.4, -0.2) is 32.4 Å².